The highest BCUT2D eigenvalue weighted by Crippen LogP contribution is 2.18. The Bertz CT molecular complexity index is 711. The average molecular weight is 329 g/mol. The molecule has 0 heterocycles. The van der Waals surface area contributed by atoms with Gasteiger partial charge in [0.2, 0.25) is 5.91 Å². The van der Waals surface area contributed by atoms with Gasteiger partial charge in [0, 0.05) is 6.54 Å². The van der Waals surface area contributed by atoms with Gasteiger partial charge >= 0.3 is 5.97 Å². The van der Waals surface area contributed by atoms with Crippen LogP contribution in [0.1, 0.15) is 19.4 Å². The summed E-state index contributed by atoms with van der Waals surface area (Å²) < 4.78 is 5.20. The Labute approximate surface area is 141 Å². The Morgan fingerprint density at radius 2 is 1.83 bits per heavy atom. The number of rotatable bonds is 8. The zero-order chi connectivity index (χ0) is 17.5. The monoisotopic (exact) mass is 329 g/mol. The Morgan fingerprint density at radius 3 is 2.50 bits per heavy atom. The molecule has 0 aliphatic carbocycles. The van der Waals surface area contributed by atoms with Crippen LogP contribution in [0.15, 0.2) is 42.5 Å². The zero-order valence-corrected chi connectivity index (χ0v) is 14.0. The number of nitrogens with one attached hydrogen (secondary N) is 1. The summed E-state index contributed by atoms with van der Waals surface area (Å²) in [5.41, 5.74) is 0.939. The molecule has 1 amide bonds. The summed E-state index contributed by atoms with van der Waals surface area (Å²) in [4.78, 5) is 23.1. The highest BCUT2D eigenvalue weighted by Gasteiger charge is 2.19. The van der Waals surface area contributed by atoms with E-state index < -0.39 is 11.9 Å². The van der Waals surface area contributed by atoms with Gasteiger partial charge in [-0.1, -0.05) is 42.5 Å². The van der Waals surface area contributed by atoms with Crippen LogP contribution in [0.2, 0.25) is 0 Å². The quantitative estimate of drug-likeness (QED) is 0.780. The lowest BCUT2D eigenvalue weighted by Gasteiger charge is -2.14. The molecular formula is C19H23NO4. The van der Waals surface area contributed by atoms with Gasteiger partial charge in [-0.2, -0.15) is 0 Å². The second-order valence-corrected chi connectivity index (χ2v) is 6.08. The van der Waals surface area contributed by atoms with Crippen molar-refractivity contribution in [3.05, 3.63) is 48.0 Å². The van der Waals surface area contributed by atoms with Crippen LogP contribution in [0, 0.1) is 5.92 Å². The van der Waals surface area contributed by atoms with Gasteiger partial charge in [-0.25, -0.2) is 0 Å². The van der Waals surface area contributed by atoms with Crippen molar-refractivity contribution in [1.82, 2.24) is 5.32 Å². The molecule has 24 heavy (non-hydrogen) atoms. The molecule has 0 aromatic heterocycles. The van der Waals surface area contributed by atoms with Crippen molar-refractivity contribution >= 4 is 22.6 Å². The van der Waals surface area contributed by atoms with Crippen molar-refractivity contribution in [2.75, 3.05) is 13.2 Å². The fourth-order valence-corrected chi connectivity index (χ4v) is 2.43. The molecule has 0 saturated carbocycles. The predicted octanol–water partition coefficient (Wildman–Crippen LogP) is 2.62. The molecular weight excluding hydrogens is 306 g/mol. The summed E-state index contributed by atoms with van der Waals surface area (Å²) >= 11 is 0. The number of carbonyl (C=O) groups excluding carboxylic acids is 1. The van der Waals surface area contributed by atoms with Crippen molar-refractivity contribution < 1.29 is 19.4 Å². The van der Waals surface area contributed by atoms with Crippen LogP contribution in [-0.2, 0) is 20.7 Å². The molecule has 0 aliphatic rings. The van der Waals surface area contributed by atoms with Crippen LogP contribution in [0.3, 0.4) is 0 Å². The van der Waals surface area contributed by atoms with Crippen LogP contribution in [0.5, 0.6) is 0 Å². The van der Waals surface area contributed by atoms with E-state index in [0.717, 1.165) is 16.3 Å². The number of carboxylic acid groups (broad SMARTS) is 1. The van der Waals surface area contributed by atoms with Gasteiger partial charge in [0.1, 0.15) is 6.61 Å². The summed E-state index contributed by atoms with van der Waals surface area (Å²) in [5.74, 6) is -1.89. The Hall–Kier alpha value is -2.40. The van der Waals surface area contributed by atoms with Crippen molar-refractivity contribution in [3.8, 4) is 0 Å². The van der Waals surface area contributed by atoms with Crippen molar-refractivity contribution in [2.24, 2.45) is 5.92 Å². The molecule has 0 saturated heterocycles. The van der Waals surface area contributed by atoms with E-state index in [9.17, 15) is 14.7 Å². The fraction of sp³-hybridized carbons (Fsp3) is 0.368. The highest BCUT2D eigenvalue weighted by atomic mass is 16.5. The van der Waals surface area contributed by atoms with E-state index >= 15 is 0 Å². The number of hydrogen-bond acceptors (Lipinski definition) is 3. The molecule has 0 spiro atoms. The maximum atomic E-state index is 11.7. The Kier molecular flexibility index (Phi) is 6.32. The third kappa shape index (κ3) is 5.35. The molecule has 5 nitrogen and oxygen atoms in total. The zero-order valence-electron chi connectivity index (χ0n) is 14.0. The van der Waals surface area contributed by atoms with Gasteiger partial charge in [-0.15, -0.1) is 0 Å². The van der Waals surface area contributed by atoms with Crippen LogP contribution >= 0.6 is 0 Å². The van der Waals surface area contributed by atoms with E-state index in [0.29, 0.717) is 6.42 Å². The maximum absolute atomic E-state index is 11.7. The smallest absolute Gasteiger partial charge is 0.308 e. The number of benzene rings is 2. The molecule has 0 aliphatic heterocycles. The molecule has 2 N–H and O–H groups in total. The van der Waals surface area contributed by atoms with Crippen molar-refractivity contribution in [2.45, 2.75) is 26.4 Å². The minimum atomic E-state index is -0.923. The summed E-state index contributed by atoms with van der Waals surface area (Å²) in [6.07, 6.45) is 0.328. The van der Waals surface area contributed by atoms with E-state index in [4.69, 9.17) is 4.74 Å². The first-order chi connectivity index (χ1) is 11.5. The molecule has 2 aromatic carbocycles. The minimum absolute atomic E-state index is 0.0383. The highest BCUT2D eigenvalue weighted by molar-refractivity contribution is 5.83. The standard InChI is InChI=1S/C19H23NO4/c1-13(2)24-12-18(21)20-11-17(19(22)23)10-14-7-8-15-5-3-4-6-16(15)9-14/h3-9,13,17H,10-12H2,1-2H3,(H,20,21)(H,22,23). The number of amides is 1. The summed E-state index contributed by atoms with van der Waals surface area (Å²) in [5, 5.41) is 14.2. The molecule has 1 atom stereocenters. The average Bonchev–Trinajstić information content (AvgIpc) is 2.56. The number of carboxylic acids is 1. The van der Waals surface area contributed by atoms with Gasteiger partial charge < -0.3 is 15.2 Å². The third-order valence-corrected chi connectivity index (χ3v) is 3.74. The number of ether oxygens (including phenoxy) is 1. The van der Waals surface area contributed by atoms with Crippen LogP contribution in [0.25, 0.3) is 10.8 Å². The summed E-state index contributed by atoms with van der Waals surface area (Å²) in [6, 6.07) is 13.9. The first-order valence-corrected chi connectivity index (χ1v) is 8.04. The molecule has 2 aromatic rings. The predicted molar refractivity (Wildman–Crippen MR) is 92.9 cm³/mol. The summed E-state index contributed by atoms with van der Waals surface area (Å²) in [7, 11) is 0. The second-order valence-electron chi connectivity index (χ2n) is 6.08. The van der Waals surface area contributed by atoms with E-state index in [1.165, 1.54) is 0 Å². The number of hydrogen-bond donors (Lipinski definition) is 2. The number of aliphatic carboxylic acids is 1. The van der Waals surface area contributed by atoms with Crippen LogP contribution in [0.4, 0.5) is 0 Å². The number of carbonyl (C=O) groups is 2. The minimum Gasteiger partial charge on any atom is -0.481 e. The largest absolute Gasteiger partial charge is 0.481 e. The first kappa shape index (κ1) is 17.9. The van der Waals surface area contributed by atoms with Crippen LogP contribution < -0.4 is 5.32 Å². The van der Waals surface area contributed by atoms with Crippen molar-refractivity contribution in [1.29, 1.82) is 0 Å². The molecule has 1 unspecified atom stereocenters. The van der Waals surface area contributed by atoms with E-state index in [1.54, 1.807) is 0 Å². The van der Waals surface area contributed by atoms with E-state index in [1.807, 2.05) is 56.3 Å². The number of fused-ring (bicyclic) bond motifs is 1. The molecule has 5 heteroatoms. The second kappa shape index (κ2) is 8.45. The first-order valence-electron chi connectivity index (χ1n) is 8.04. The molecule has 128 valence electrons. The van der Waals surface area contributed by atoms with Crippen molar-refractivity contribution in [3.63, 3.8) is 0 Å². The van der Waals surface area contributed by atoms with Gasteiger partial charge in [0.05, 0.1) is 12.0 Å². The van der Waals surface area contributed by atoms with Crippen LogP contribution in [-0.4, -0.2) is 36.2 Å². The molecule has 0 bridgehead atoms. The SMILES string of the molecule is CC(C)OCC(=O)NCC(Cc1ccc2ccccc2c1)C(=O)O. The maximum Gasteiger partial charge on any atom is 0.308 e. The Balaban J connectivity index is 1.97. The third-order valence-electron chi connectivity index (χ3n) is 3.74. The lowest BCUT2D eigenvalue weighted by molar-refractivity contribution is -0.141. The lowest BCUT2D eigenvalue weighted by Crippen LogP contribution is -2.36. The molecule has 2 rings (SSSR count). The normalized spacial score (nSPS) is 12.3. The van der Waals surface area contributed by atoms with Gasteiger partial charge in [0.15, 0.2) is 0 Å². The Morgan fingerprint density at radius 1 is 1.12 bits per heavy atom. The molecule has 0 fully saturated rings. The van der Waals surface area contributed by atoms with E-state index in [2.05, 4.69) is 5.32 Å². The van der Waals surface area contributed by atoms with Gasteiger partial charge in [-0.3, -0.25) is 9.59 Å². The van der Waals surface area contributed by atoms with Gasteiger partial charge in [0.25, 0.3) is 0 Å². The lowest BCUT2D eigenvalue weighted by atomic mass is 9.97. The van der Waals surface area contributed by atoms with E-state index in [-0.39, 0.29) is 25.2 Å². The molecule has 0 radical (unpaired) electrons. The fourth-order valence-electron chi connectivity index (χ4n) is 2.43. The topological polar surface area (TPSA) is 75.6 Å². The van der Waals surface area contributed by atoms with Gasteiger partial charge in [-0.05, 0) is 36.6 Å². The summed E-state index contributed by atoms with van der Waals surface area (Å²) in [6.45, 7) is 3.71.